The molecule has 0 unspecified atom stereocenters. The van der Waals surface area contributed by atoms with Crippen LogP contribution < -0.4 is 5.32 Å². The second-order valence-electron chi connectivity index (χ2n) is 6.59. The summed E-state index contributed by atoms with van der Waals surface area (Å²) in [7, 11) is 0. The van der Waals surface area contributed by atoms with Crippen LogP contribution in [0.3, 0.4) is 0 Å². The summed E-state index contributed by atoms with van der Waals surface area (Å²) in [6, 6.07) is 12.2. The van der Waals surface area contributed by atoms with Crippen LogP contribution in [0.15, 0.2) is 59.2 Å². The van der Waals surface area contributed by atoms with Crippen molar-refractivity contribution in [2.45, 2.75) is 19.3 Å². The summed E-state index contributed by atoms with van der Waals surface area (Å²) < 4.78 is 32.5. The molecule has 3 rings (SSSR count). The lowest BCUT2D eigenvalue weighted by Gasteiger charge is -2.22. The van der Waals surface area contributed by atoms with Gasteiger partial charge in [-0.3, -0.25) is 4.79 Å². The minimum absolute atomic E-state index is 0.183. The predicted molar refractivity (Wildman–Crippen MR) is 93.7 cm³/mol. The van der Waals surface area contributed by atoms with Gasteiger partial charge in [0.15, 0.2) is 0 Å². The lowest BCUT2D eigenvalue weighted by Crippen LogP contribution is -2.37. The van der Waals surface area contributed by atoms with E-state index in [4.69, 9.17) is 4.42 Å². The summed E-state index contributed by atoms with van der Waals surface area (Å²) in [6.45, 7) is 3.94. The number of carbonyl (C=O) groups is 1. The smallest absolute Gasteiger partial charge is 0.254 e. The molecule has 0 aliphatic heterocycles. The van der Waals surface area contributed by atoms with Crippen LogP contribution in [-0.4, -0.2) is 17.4 Å². The van der Waals surface area contributed by atoms with Crippen LogP contribution in [-0.2, 0) is 5.41 Å². The highest BCUT2D eigenvalue weighted by atomic mass is 19.1. The van der Waals surface area contributed by atoms with Gasteiger partial charge in [0.05, 0.1) is 11.3 Å². The first-order chi connectivity index (χ1) is 12.4. The van der Waals surface area contributed by atoms with Crippen molar-refractivity contribution in [2.24, 2.45) is 0 Å². The van der Waals surface area contributed by atoms with Crippen LogP contribution >= 0.6 is 0 Å². The summed E-state index contributed by atoms with van der Waals surface area (Å²) in [5.41, 5.74) is 0.610. The summed E-state index contributed by atoms with van der Waals surface area (Å²) in [5, 5.41) is 2.63. The van der Waals surface area contributed by atoms with Gasteiger partial charge >= 0.3 is 0 Å². The zero-order valence-electron chi connectivity index (χ0n) is 14.4. The molecule has 0 saturated carbocycles. The summed E-state index contributed by atoms with van der Waals surface area (Å²) in [4.78, 5) is 16.6. The van der Waals surface area contributed by atoms with Crippen LogP contribution in [0.5, 0.6) is 0 Å². The number of oxazole rings is 1. The highest BCUT2D eigenvalue weighted by Gasteiger charge is 2.26. The molecule has 1 heterocycles. The number of benzene rings is 2. The molecule has 4 nitrogen and oxygen atoms in total. The molecule has 2 aromatic carbocycles. The molecule has 3 aromatic rings. The van der Waals surface area contributed by atoms with Crippen molar-refractivity contribution in [3.8, 4) is 11.5 Å². The third-order valence-electron chi connectivity index (χ3n) is 4.08. The molecule has 0 aliphatic carbocycles. The van der Waals surface area contributed by atoms with Crippen molar-refractivity contribution >= 4 is 5.91 Å². The molecule has 0 fully saturated rings. The number of halogens is 2. The molecule has 1 amide bonds. The first kappa shape index (κ1) is 17.8. The molecule has 26 heavy (non-hydrogen) atoms. The maximum atomic E-state index is 13.7. The average Bonchev–Trinajstić information content (AvgIpc) is 3.14. The lowest BCUT2D eigenvalue weighted by molar-refractivity contribution is 0.0940. The highest BCUT2D eigenvalue weighted by Crippen LogP contribution is 2.26. The first-order valence-electron chi connectivity index (χ1n) is 8.11. The maximum absolute atomic E-state index is 13.7. The number of aromatic nitrogens is 1. The van der Waals surface area contributed by atoms with Crippen molar-refractivity contribution in [3.63, 3.8) is 0 Å². The first-order valence-corrected chi connectivity index (χ1v) is 8.11. The Kier molecular flexibility index (Phi) is 4.84. The van der Waals surface area contributed by atoms with Gasteiger partial charge < -0.3 is 9.73 Å². The fourth-order valence-corrected chi connectivity index (χ4v) is 2.46. The number of carbonyl (C=O) groups excluding carboxylic acids is 1. The summed E-state index contributed by atoms with van der Waals surface area (Å²) in [5.74, 6) is -1.63. The second kappa shape index (κ2) is 7.07. The molecule has 0 spiro atoms. The third kappa shape index (κ3) is 3.79. The SMILES string of the molecule is CC(C)(CNC(=O)c1cc(F)ccc1F)c1coc(-c2ccccc2)n1. The van der Waals surface area contributed by atoms with Crippen molar-refractivity contribution in [2.75, 3.05) is 6.54 Å². The minimum atomic E-state index is -0.769. The molecular formula is C20H18F2N2O2. The van der Waals surface area contributed by atoms with Crippen LogP contribution in [0.2, 0.25) is 0 Å². The molecule has 0 aliphatic rings. The average molecular weight is 356 g/mol. The Morgan fingerprint density at radius 2 is 1.88 bits per heavy atom. The Hall–Kier alpha value is -3.02. The van der Waals surface area contributed by atoms with Gasteiger partial charge in [-0.15, -0.1) is 0 Å². The van der Waals surface area contributed by atoms with Crippen molar-refractivity contribution in [1.29, 1.82) is 0 Å². The molecule has 0 radical (unpaired) electrons. The highest BCUT2D eigenvalue weighted by molar-refractivity contribution is 5.94. The van der Waals surface area contributed by atoms with Crippen molar-refractivity contribution < 1.29 is 18.0 Å². The van der Waals surface area contributed by atoms with Crippen molar-refractivity contribution in [3.05, 3.63) is 77.7 Å². The summed E-state index contributed by atoms with van der Waals surface area (Å²) in [6.07, 6.45) is 1.54. The van der Waals surface area contributed by atoms with E-state index in [1.807, 2.05) is 44.2 Å². The van der Waals surface area contributed by atoms with Crippen LogP contribution in [0, 0.1) is 11.6 Å². The number of rotatable bonds is 5. The molecule has 6 heteroatoms. The van der Waals surface area contributed by atoms with Crippen LogP contribution in [0.4, 0.5) is 8.78 Å². The van der Waals surface area contributed by atoms with Crippen molar-refractivity contribution in [1.82, 2.24) is 10.3 Å². The van der Waals surface area contributed by atoms with E-state index in [9.17, 15) is 13.6 Å². The van der Waals surface area contributed by atoms with E-state index in [-0.39, 0.29) is 12.1 Å². The lowest BCUT2D eigenvalue weighted by atomic mass is 9.90. The predicted octanol–water partition coefficient (Wildman–Crippen LogP) is 4.33. The van der Waals surface area contributed by atoms with E-state index in [0.29, 0.717) is 11.6 Å². The fourth-order valence-electron chi connectivity index (χ4n) is 2.46. The van der Waals surface area contributed by atoms with Gasteiger partial charge in [0.2, 0.25) is 5.89 Å². The number of nitrogens with one attached hydrogen (secondary N) is 1. The fraction of sp³-hybridized carbons (Fsp3) is 0.200. The van der Waals surface area contributed by atoms with E-state index in [1.54, 1.807) is 0 Å². The Labute approximate surface area is 149 Å². The topological polar surface area (TPSA) is 55.1 Å². The standard InChI is InChI=1S/C20H18F2N2O2/c1-20(2,12-23-18(25)15-10-14(21)8-9-16(15)22)17-11-26-19(24-17)13-6-4-3-5-7-13/h3-11H,12H2,1-2H3,(H,23,25). The van der Waals surface area contributed by atoms with Crippen LogP contribution in [0.1, 0.15) is 29.9 Å². The Balaban J connectivity index is 1.72. The number of amides is 1. The minimum Gasteiger partial charge on any atom is -0.444 e. The van der Waals surface area contributed by atoms with E-state index in [0.717, 1.165) is 23.8 Å². The van der Waals surface area contributed by atoms with Gasteiger partial charge in [-0.05, 0) is 30.3 Å². The molecule has 0 saturated heterocycles. The van der Waals surface area contributed by atoms with Gasteiger partial charge in [0.1, 0.15) is 17.9 Å². The molecule has 0 bridgehead atoms. The second-order valence-corrected chi connectivity index (χ2v) is 6.59. The number of hydrogen-bond acceptors (Lipinski definition) is 3. The van der Waals surface area contributed by atoms with Gasteiger partial charge in [-0.1, -0.05) is 32.0 Å². The Bertz CT molecular complexity index is 921. The van der Waals surface area contributed by atoms with Crippen LogP contribution in [0.25, 0.3) is 11.5 Å². The maximum Gasteiger partial charge on any atom is 0.254 e. The van der Waals surface area contributed by atoms with E-state index < -0.39 is 23.0 Å². The largest absolute Gasteiger partial charge is 0.444 e. The molecule has 0 atom stereocenters. The van der Waals surface area contributed by atoms with E-state index in [2.05, 4.69) is 10.3 Å². The van der Waals surface area contributed by atoms with Gasteiger partial charge in [-0.25, -0.2) is 13.8 Å². The number of hydrogen-bond donors (Lipinski definition) is 1. The normalized spacial score (nSPS) is 11.4. The number of nitrogens with zero attached hydrogens (tertiary/aromatic N) is 1. The Morgan fingerprint density at radius 3 is 2.62 bits per heavy atom. The third-order valence-corrected chi connectivity index (χ3v) is 4.08. The molecule has 1 N–H and O–H groups in total. The quantitative estimate of drug-likeness (QED) is 0.740. The zero-order valence-corrected chi connectivity index (χ0v) is 14.4. The molecule has 134 valence electrons. The molecular weight excluding hydrogens is 338 g/mol. The van der Waals surface area contributed by atoms with Gasteiger partial charge in [0, 0.05) is 17.5 Å². The molecule has 1 aromatic heterocycles. The Morgan fingerprint density at radius 1 is 1.15 bits per heavy atom. The van der Waals surface area contributed by atoms with E-state index >= 15 is 0 Å². The zero-order chi connectivity index (χ0) is 18.7. The van der Waals surface area contributed by atoms with E-state index in [1.165, 1.54) is 6.26 Å². The monoisotopic (exact) mass is 356 g/mol. The van der Waals surface area contributed by atoms with Gasteiger partial charge in [-0.2, -0.15) is 0 Å². The van der Waals surface area contributed by atoms with Gasteiger partial charge in [0.25, 0.3) is 5.91 Å². The summed E-state index contributed by atoms with van der Waals surface area (Å²) >= 11 is 0.